The minimum Gasteiger partial charge on any atom is -0.379 e. The van der Waals surface area contributed by atoms with E-state index in [2.05, 4.69) is 4.98 Å². The minimum absolute atomic E-state index is 0.0625. The molecule has 0 radical (unpaired) electrons. The Morgan fingerprint density at radius 3 is 2.50 bits per heavy atom. The molecule has 0 aromatic carbocycles. The summed E-state index contributed by atoms with van der Waals surface area (Å²) in [5.41, 5.74) is -2.66. The van der Waals surface area contributed by atoms with Crippen LogP contribution >= 0.6 is 11.3 Å². The highest BCUT2D eigenvalue weighted by molar-refractivity contribution is 7.91. The molecule has 1 aromatic heterocycles. The van der Waals surface area contributed by atoms with Crippen molar-refractivity contribution >= 4 is 26.5 Å². The third-order valence-electron chi connectivity index (χ3n) is 3.05. The Labute approximate surface area is 117 Å². The van der Waals surface area contributed by atoms with Gasteiger partial charge in [-0.3, -0.25) is 0 Å². The van der Waals surface area contributed by atoms with Crippen LogP contribution < -0.4 is 10.0 Å². The molecule has 0 saturated carbocycles. The van der Waals surface area contributed by atoms with Gasteiger partial charge >= 0.3 is 6.18 Å². The maximum absolute atomic E-state index is 12.7. The fourth-order valence-electron chi connectivity index (χ4n) is 1.96. The number of hydrogen-bond donors (Lipinski definition) is 2. The van der Waals surface area contributed by atoms with Crippen molar-refractivity contribution in [2.24, 2.45) is 5.14 Å². The Morgan fingerprint density at radius 2 is 2.10 bits per heavy atom. The van der Waals surface area contributed by atoms with Crippen molar-refractivity contribution in [3.8, 4) is 0 Å². The van der Waals surface area contributed by atoms with Crippen LogP contribution in [0.2, 0.25) is 0 Å². The van der Waals surface area contributed by atoms with Gasteiger partial charge in [-0.1, -0.05) is 11.3 Å². The van der Waals surface area contributed by atoms with E-state index >= 15 is 0 Å². The SMILES string of the molecule is Cc1nc(N2CCC(O)(C(F)(F)F)C2)sc1S(N)(=O)=O. The lowest BCUT2D eigenvalue weighted by atomic mass is 10.0. The number of nitrogens with zero attached hydrogens (tertiary/aromatic N) is 2. The van der Waals surface area contributed by atoms with Crippen molar-refractivity contribution in [2.75, 3.05) is 18.0 Å². The molecule has 6 nitrogen and oxygen atoms in total. The Bertz CT molecular complexity index is 628. The van der Waals surface area contributed by atoms with Crippen molar-refractivity contribution in [1.82, 2.24) is 4.98 Å². The molecule has 0 aliphatic carbocycles. The number of halogens is 3. The lowest BCUT2D eigenvalue weighted by Crippen LogP contribution is -2.47. The lowest BCUT2D eigenvalue weighted by Gasteiger charge is -2.25. The van der Waals surface area contributed by atoms with E-state index in [1.807, 2.05) is 0 Å². The van der Waals surface area contributed by atoms with Crippen LogP contribution in [0.3, 0.4) is 0 Å². The van der Waals surface area contributed by atoms with E-state index < -0.39 is 34.8 Å². The number of β-amino-alcohol motifs (C(OH)–C–C–N with tert-alkyl or cyclic N) is 1. The second kappa shape index (κ2) is 4.55. The average Bonchev–Trinajstić information content (AvgIpc) is 2.80. The van der Waals surface area contributed by atoms with Gasteiger partial charge in [0.25, 0.3) is 0 Å². The molecule has 1 atom stereocenters. The fourth-order valence-corrected chi connectivity index (χ4v) is 3.93. The highest BCUT2D eigenvalue weighted by atomic mass is 32.2. The van der Waals surface area contributed by atoms with Crippen LogP contribution in [0.1, 0.15) is 12.1 Å². The van der Waals surface area contributed by atoms with Crippen molar-refractivity contribution < 1.29 is 26.7 Å². The number of primary sulfonamides is 1. The normalized spacial score (nSPS) is 24.4. The summed E-state index contributed by atoms with van der Waals surface area (Å²) in [6.45, 7) is 0.673. The smallest absolute Gasteiger partial charge is 0.379 e. The molecule has 1 aliphatic heterocycles. The van der Waals surface area contributed by atoms with Gasteiger partial charge in [-0.15, -0.1) is 0 Å². The number of thiazole rings is 1. The Hall–Kier alpha value is -0.910. The van der Waals surface area contributed by atoms with Gasteiger partial charge in [0.15, 0.2) is 14.9 Å². The summed E-state index contributed by atoms with van der Waals surface area (Å²) in [7, 11) is -3.95. The molecule has 1 aromatic rings. The fraction of sp³-hybridized carbons (Fsp3) is 0.667. The molecule has 11 heteroatoms. The predicted molar refractivity (Wildman–Crippen MR) is 66.1 cm³/mol. The Morgan fingerprint density at radius 1 is 1.50 bits per heavy atom. The summed E-state index contributed by atoms with van der Waals surface area (Å²) in [4.78, 5) is 5.12. The third-order valence-corrected chi connectivity index (χ3v) is 5.82. The minimum atomic E-state index is -4.74. The number of nitrogens with two attached hydrogens (primary N) is 1. The first-order valence-electron chi connectivity index (χ1n) is 5.48. The second-order valence-electron chi connectivity index (χ2n) is 4.62. The summed E-state index contributed by atoms with van der Waals surface area (Å²) < 4.78 is 60.4. The molecule has 1 fully saturated rings. The molecule has 2 heterocycles. The van der Waals surface area contributed by atoms with Gasteiger partial charge in [0.2, 0.25) is 10.0 Å². The van der Waals surface area contributed by atoms with Gasteiger partial charge in [0, 0.05) is 13.0 Å². The molecule has 0 bridgehead atoms. The first kappa shape index (κ1) is 15.5. The first-order chi connectivity index (χ1) is 8.94. The van der Waals surface area contributed by atoms with E-state index in [-0.39, 0.29) is 21.6 Å². The van der Waals surface area contributed by atoms with Crippen molar-refractivity contribution in [2.45, 2.75) is 29.3 Å². The number of aryl methyl sites for hydroxylation is 1. The van der Waals surface area contributed by atoms with Gasteiger partial charge < -0.3 is 10.0 Å². The van der Waals surface area contributed by atoms with Crippen molar-refractivity contribution in [1.29, 1.82) is 0 Å². The van der Waals surface area contributed by atoms with Crippen molar-refractivity contribution in [3.63, 3.8) is 0 Å². The zero-order valence-corrected chi connectivity index (χ0v) is 11.9. The van der Waals surface area contributed by atoms with Crippen LogP contribution in [0.25, 0.3) is 0 Å². The van der Waals surface area contributed by atoms with Crippen LogP contribution in [0, 0.1) is 6.92 Å². The number of alkyl halides is 3. The van der Waals surface area contributed by atoms with Crippen LogP contribution in [-0.4, -0.2) is 43.4 Å². The zero-order chi connectivity index (χ0) is 15.3. The number of aliphatic hydroxyl groups is 1. The van der Waals surface area contributed by atoms with Gasteiger partial charge in [-0.2, -0.15) is 13.2 Å². The van der Waals surface area contributed by atoms with Crippen LogP contribution in [0.5, 0.6) is 0 Å². The van der Waals surface area contributed by atoms with E-state index in [0.29, 0.717) is 11.3 Å². The molecule has 114 valence electrons. The summed E-state index contributed by atoms with van der Waals surface area (Å²) >= 11 is 0.698. The standard InChI is InChI=1S/C9H12F3N3O3S2/c1-5-6(20(13,17)18)19-7(14-5)15-3-2-8(16,4-15)9(10,11)12/h16H,2-4H2,1H3,(H2,13,17,18). The Balaban J connectivity index is 2.28. The summed E-state index contributed by atoms with van der Waals surface area (Å²) in [6.07, 6.45) is -5.23. The molecular formula is C9H12F3N3O3S2. The zero-order valence-electron chi connectivity index (χ0n) is 10.3. The summed E-state index contributed by atoms with van der Waals surface area (Å²) in [6, 6.07) is 0. The monoisotopic (exact) mass is 331 g/mol. The quantitative estimate of drug-likeness (QED) is 0.827. The molecule has 1 saturated heterocycles. The second-order valence-corrected chi connectivity index (χ2v) is 7.35. The highest BCUT2D eigenvalue weighted by Gasteiger charge is 2.57. The predicted octanol–water partition coefficient (Wildman–Crippen LogP) is 0.602. The molecular weight excluding hydrogens is 319 g/mol. The van der Waals surface area contributed by atoms with Gasteiger partial charge in [-0.05, 0) is 6.92 Å². The average molecular weight is 331 g/mol. The molecule has 3 N–H and O–H groups in total. The van der Waals surface area contributed by atoms with Gasteiger partial charge in [0.05, 0.1) is 12.2 Å². The maximum Gasteiger partial charge on any atom is 0.419 e. The molecule has 1 unspecified atom stereocenters. The maximum atomic E-state index is 12.7. The third kappa shape index (κ3) is 2.62. The molecule has 1 aliphatic rings. The van der Waals surface area contributed by atoms with E-state index in [0.717, 1.165) is 0 Å². The summed E-state index contributed by atoms with van der Waals surface area (Å²) in [5.74, 6) is 0. The van der Waals surface area contributed by atoms with E-state index in [4.69, 9.17) is 5.14 Å². The lowest BCUT2D eigenvalue weighted by molar-refractivity contribution is -0.250. The molecule has 20 heavy (non-hydrogen) atoms. The van der Waals surface area contributed by atoms with Gasteiger partial charge in [-0.25, -0.2) is 18.5 Å². The molecule has 0 amide bonds. The number of sulfonamides is 1. The van der Waals surface area contributed by atoms with E-state index in [9.17, 15) is 26.7 Å². The molecule has 2 rings (SSSR count). The number of aromatic nitrogens is 1. The topological polar surface area (TPSA) is 96.5 Å². The van der Waals surface area contributed by atoms with Gasteiger partial charge in [0.1, 0.15) is 0 Å². The van der Waals surface area contributed by atoms with Crippen LogP contribution in [-0.2, 0) is 10.0 Å². The number of anilines is 1. The largest absolute Gasteiger partial charge is 0.419 e. The highest BCUT2D eigenvalue weighted by Crippen LogP contribution is 2.40. The van der Waals surface area contributed by atoms with Crippen molar-refractivity contribution in [3.05, 3.63) is 5.69 Å². The first-order valence-corrected chi connectivity index (χ1v) is 7.85. The van der Waals surface area contributed by atoms with E-state index in [1.165, 1.54) is 11.8 Å². The number of rotatable bonds is 2. The number of hydrogen-bond acceptors (Lipinski definition) is 6. The van der Waals surface area contributed by atoms with E-state index in [1.54, 1.807) is 0 Å². The Kier molecular flexibility index (Phi) is 3.52. The van der Waals surface area contributed by atoms with Crippen LogP contribution in [0.4, 0.5) is 18.3 Å². The van der Waals surface area contributed by atoms with Crippen LogP contribution in [0.15, 0.2) is 4.21 Å². The molecule has 0 spiro atoms. The summed E-state index contributed by atoms with van der Waals surface area (Å²) in [5, 5.41) is 14.7.